The maximum Gasteiger partial charge on any atom is 0.171 e. The zero-order chi connectivity index (χ0) is 16.1. The van der Waals surface area contributed by atoms with E-state index < -0.39 is 0 Å². The molecule has 5 heteroatoms. The van der Waals surface area contributed by atoms with Gasteiger partial charge in [-0.1, -0.05) is 0 Å². The highest BCUT2D eigenvalue weighted by molar-refractivity contribution is 14.1. The Kier molecular flexibility index (Phi) is 5.28. The predicted molar refractivity (Wildman–Crippen MR) is 93.9 cm³/mol. The number of benzene rings is 2. The van der Waals surface area contributed by atoms with Gasteiger partial charge in [-0.15, -0.1) is 0 Å². The first-order valence-electron chi connectivity index (χ1n) is 6.41. The van der Waals surface area contributed by atoms with Crippen LogP contribution >= 0.6 is 22.6 Å². The molecule has 0 saturated heterocycles. The summed E-state index contributed by atoms with van der Waals surface area (Å²) in [6.45, 7) is 0. The first-order chi connectivity index (χ1) is 10.6. The molecule has 1 N–H and O–H groups in total. The molecule has 0 aliphatic heterocycles. The zero-order valence-corrected chi connectivity index (χ0v) is 14.3. The lowest BCUT2D eigenvalue weighted by Gasteiger charge is -2.07. The molecule has 4 nitrogen and oxygen atoms in total. The predicted octanol–water partition coefficient (Wildman–Crippen LogP) is 4.08. The summed E-state index contributed by atoms with van der Waals surface area (Å²) < 4.78 is 10.9. The molecular weight excluding hydrogens is 393 g/mol. The van der Waals surface area contributed by atoms with Crippen LogP contribution in [0.2, 0.25) is 0 Å². The van der Waals surface area contributed by atoms with Crippen LogP contribution in [0.1, 0.15) is 11.1 Å². The monoisotopic (exact) mass is 407 g/mol. The van der Waals surface area contributed by atoms with Gasteiger partial charge in [0.05, 0.1) is 29.4 Å². The van der Waals surface area contributed by atoms with E-state index in [1.807, 2.05) is 46.9 Å². The summed E-state index contributed by atoms with van der Waals surface area (Å²) in [5.41, 5.74) is 2.10. The van der Waals surface area contributed by atoms with Crippen molar-refractivity contribution in [2.24, 2.45) is 0 Å². The number of ether oxygens (including phenoxy) is 2. The fraction of sp³-hybridized carbons (Fsp3) is 0.118. The number of phenolic OH excluding ortho intramolecular Hbond substituents is 1. The Labute approximate surface area is 142 Å². The number of aromatic hydroxyl groups is 1. The lowest BCUT2D eigenvalue weighted by molar-refractivity contribution is 0.371. The topological polar surface area (TPSA) is 62.5 Å². The number of nitriles is 1. The van der Waals surface area contributed by atoms with Crippen molar-refractivity contribution in [2.45, 2.75) is 0 Å². The van der Waals surface area contributed by atoms with Crippen LogP contribution in [0.15, 0.2) is 36.4 Å². The second-order valence-electron chi connectivity index (χ2n) is 4.45. The molecular formula is C17H14INO3. The van der Waals surface area contributed by atoms with E-state index in [2.05, 4.69) is 6.07 Å². The molecule has 0 aliphatic carbocycles. The molecule has 0 amide bonds. The Balaban J connectivity index is 2.44. The highest BCUT2D eigenvalue weighted by atomic mass is 127. The number of allylic oxidation sites excluding steroid dienone is 1. The fourth-order valence-electron chi connectivity index (χ4n) is 1.95. The molecule has 0 heterocycles. The van der Waals surface area contributed by atoms with E-state index in [0.717, 1.165) is 16.9 Å². The van der Waals surface area contributed by atoms with Crippen LogP contribution in [0.3, 0.4) is 0 Å². The average molecular weight is 407 g/mol. The highest BCUT2D eigenvalue weighted by Crippen LogP contribution is 2.33. The van der Waals surface area contributed by atoms with Crippen molar-refractivity contribution in [1.82, 2.24) is 0 Å². The third-order valence-corrected chi connectivity index (χ3v) is 3.93. The van der Waals surface area contributed by atoms with E-state index >= 15 is 0 Å². The largest absolute Gasteiger partial charge is 0.504 e. The van der Waals surface area contributed by atoms with E-state index in [-0.39, 0.29) is 5.75 Å². The van der Waals surface area contributed by atoms with Crippen LogP contribution in [0, 0.1) is 14.9 Å². The van der Waals surface area contributed by atoms with Gasteiger partial charge in [-0.25, -0.2) is 0 Å². The van der Waals surface area contributed by atoms with E-state index in [9.17, 15) is 10.4 Å². The second-order valence-corrected chi connectivity index (χ2v) is 5.61. The maximum atomic E-state index is 9.86. The van der Waals surface area contributed by atoms with Gasteiger partial charge in [-0.3, -0.25) is 0 Å². The molecule has 0 bridgehead atoms. The van der Waals surface area contributed by atoms with Crippen LogP contribution in [-0.4, -0.2) is 19.3 Å². The fourth-order valence-corrected chi connectivity index (χ4v) is 2.58. The minimum absolute atomic E-state index is 0.100. The van der Waals surface area contributed by atoms with Crippen LogP contribution in [0.4, 0.5) is 0 Å². The van der Waals surface area contributed by atoms with Gasteiger partial charge in [0.2, 0.25) is 0 Å². The van der Waals surface area contributed by atoms with Gasteiger partial charge >= 0.3 is 0 Å². The van der Waals surface area contributed by atoms with Gasteiger partial charge < -0.3 is 14.6 Å². The zero-order valence-electron chi connectivity index (χ0n) is 12.1. The number of hydrogen-bond donors (Lipinski definition) is 1. The SMILES string of the molecule is COc1ccc(/C(C#N)=C/c2cc(I)c(O)c(OC)c2)cc1. The van der Waals surface area contributed by atoms with E-state index in [0.29, 0.717) is 14.9 Å². The van der Waals surface area contributed by atoms with E-state index in [1.54, 1.807) is 25.3 Å². The molecule has 22 heavy (non-hydrogen) atoms. The normalized spacial score (nSPS) is 10.9. The van der Waals surface area contributed by atoms with Crippen molar-refractivity contribution in [3.05, 3.63) is 51.1 Å². The van der Waals surface area contributed by atoms with E-state index in [1.165, 1.54) is 7.11 Å². The molecule has 0 aliphatic rings. The summed E-state index contributed by atoms with van der Waals surface area (Å²) in [7, 11) is 3.09. The lowest BCUT2D eigenvalue weighted by atomic mass is 10.0. The van der Waals surface area contributed by atoms with Crippen molar-refractivity contribution in [2.75, 3.05) is 14.2 Å². The van der Waals surface area contributed by atoms with Gasteiger partial charge in [0.15, 0.2) is 11.5 Å². The van der Waals surface area contributed by atoms with Crippen LogP contribution < -0.4 is 9.47 Å². The molecule has 0 saturated carbocycles. The molecule has 0 spiro atoms. The van der Waals surface area contributed by atoms with Gasteiger partial charge in [0.25, 0.3) is 0 Å². The number of halogens is 1. The van der Waals surface area contributed by atoms with Gasteiger partial charge in [-0.2, -0.15) is 5.26 Å². The molecule has 0 aromatic heterocycles. The van der Waals surface area contributed by atoms with Crippen LogP contribution in [-0.2, 0) is 0 Å². The summed E-state index contributed by atoms with van der Waals surface area (Å²) in [4.78, 5) is 0. The number of nitrogens with zero attached hydrogens (tertiary/aromatic N) is 1. The van der Waals surface area contributed by atoms with Crippen molar-refractivity contribution >= 4 is 34.2 Å². The summed E-state index contributed by atoms with van der Waals surface area (Å²) in [6, 6.07) is 12.9. The summed E-state index contributed by atoms with van der Waals surface area (Å²) >= 11 is 2.02. The smallest absolute Gasteiger partial charge is 0.171 e. The molecule has 112 valence electrons. The van der Waals surface area contributed by atoms with Crippen LogP contribution in [0.5, 0.6) is 17.2 Å². The maximum absolute atomic E-state index is 9.86. The Morgan fingerprint density at radius 2 is 1.86 bits per heavy atom. The average Bonchev–Trinajstić information content (AvgIpc) is 2.55. The first kappa shape index (κ1) is 16.2. The molecule has 2 aromatic carbocycles. The summed E-state index contributed by atoms with van der Waals surface area (Å²) in [6.07, 6.45) is 1.76. The van der Waals surface area contributed by atoms with Crippen molar-refractivity contribution in [3.8, 4) is 23.3 Å². The van der Waals surface area contributed by atoms with Crippen molar-refractivity contribution < 1.29 is 14.6 Å². The first-order valence-corrected chi connectivity index (χ1v) is 7.49. The van der Waals surface area contributed by atoms with Crippen molar-refractivity contribution in [1.29, 1.82) is 5.26 Å². The Morgan fingerprint density at radius 3 is 2.41 bits per heavy atom. The number of hydrogen-bond acceptors (Lipinski definition) is 4. The van der Waals surface area contributed by atoms with Gasteiger partial charge in [0, 0.05) is 0 Å². The number of methoxy groups -OCH3 is 2. The molecule has 0 unspecified atom stereocenters. The molecule has 2 aromatic rings. The third kappa shape index (κ3) is 3.52. The van der Waals surface area contributed by atoms with Gasteiger partial charge in [0.1, 0.15) is 5.75 Å². The van der Waals surface area contributed by atoms with Crippen LogP contribution in [0.25, 0.3) is 11.6 Å². The molecule has 2 rings (SSSR count). The Bertz CT molecular complexity index is 746. The summed E-state index contributed by atoms with van der Waals surface area (Å²) in [5, 5.41) is 19.2. The Morgan fingerprint density at radius 1 is 1.18 bits per heavy atom. The second kappa shape index (κ2) is 7.18. The standard InChI is InChI=1S/C17H14INO3/c1-21-14-5-3-12(4-6-14)13(10-19)7-11-8-15(18)17(20)16(9-11)22-2/h3-9,20H,1-2H3/b13-7+. The lowest BCUT2D eigenvalue weighted by Crippen LogP contribution is -1.89. The van der Waals surface area contributed by atoms with Crippen molar-refractivity contribution in [3.63, 3.8) is 0 Å². The van der Waals surface area contributed by atoms with Gasteiger partial charge in [-0.05, 0) is 76.2 Å². The molecule has 0 atom stereocenters. The summed E-state index contributed by atoms with van der Waals surface area (Å²) in [5.74, 6) is 1.22. The number of phenols is 1. The number of rotatable bonds is 4. The highest BCUT2D eigenvalue weighted by Gasteiger charge is 2.09. The minimum Gasteiger partial charge on any atom is -0.504 e. The third-order valence-electron chi connectivity index (χ3n) is 3.10. The quantitative estimate of drug-likeness (QED) is 0.472. The Hall–Kier alpha value is -2.20. The molecule has 0 radical (unpaired) electrons. The minimum atomic E-state index is 0.100. The van der Waals surface area contributed by atoms with E-state index in [4.69, 9.17) is 9.47 Å². The molecule has 0 fully saturated rings.